The molecular weight excluding hydrogens is 341 g/mol. The van der Waals surface area contributed by atoms with Gasteiger partial charge in [0, 0.05) is 31.3 Å². The molecule has 0 spiro atoms. The lowest BCUT2D eigenvalue weighted by Crippen LogP contribution is -2.32. The van der Waals surface area contributed by atoms with E-state index in [4.69, 9.17) is 11.6 Å². The summed E-state index contributed by atoms with van der Waals surface area (Å²) < 4.78 is 61.7. The number of rotatable bonds is 6. The molecule has 0 heterocycles. The normalized spacial score (nSPS) is 12.9. The summed E-state index contributed by atoms with van der Waals surface area (Å²) in [6, 6.07) is 2.48. The summed E-state index contributed by atoms with van der Waals surface area (Å²) in [4.78, 5) is -0.200. The van der Waals surface area contributed by atoms with Crippen molar-refractivity contribution in [2.24, 2.45) is 0 Å². The highest BCUT2D eigenvalue weighted by Gasteiger charge is 2.25. The average Bonchev–Trinajstić information content (AvgIpc) is 2.37. The second-order valence-electron chi connectivity index (χ2n) is 4.79. The summed E-state index contributed by atoms with van der Waals surface area (Å²) in [6.07, 6.45) is 1.02. The third-order valence-electron chi connectivity index (χ3n) is 2.98. The molecule has 0 bridgehead atoms. The molecule has 0 amide bonds. The maximum Gasteiger partial charge on any atom is 0.243 e. The first kappa shape index (κ1) is 18.3. The molecule has 0 aliphatic carbocycles. The Morgan fingerprint density at radius 2 is 1.81 bits per heavy atom. The summed E-state index contributed by atoms with van der Waals surface area (Å²) in [5, 5.41) is 0. The third-order valence-corrected chi connectivity index (χ3v) is 6.19. The van der Waals surface area contributed by atoms with Crippen LogP contribution in [-0.4, -0.2) is 46.7 Å². The van der Waals surface area contributed by atoms with Gasteiger partial charge in [-0.25, -0.2) is 21.2 Å². The maximum absolute atomic E-state index is 13.8. The van der Waals surface area contributed by atoms with Crippen LogP contribution in [0.1, 0.15) is 11.1 Å². The monoisotopic (exact) mass is 357 g/mol. The van der Waals surface area contributed by atoms with E-state index in [9.17, 15) is 21.2 Å². The molecule has 0 N–H and O–H groups in total. The lowest BCUT2D eigenvalue weighted by atomic mass is 10.1. The number of hydrogen-bond donors (Lipinski definition) is 0. The van der Waals surface area contributed by atoms with Gasteiger partial charge in [0.1, 0.15) is 15.7 Å². The molecule has 0 aliphatic rings. The highest BCUT2D eigenvalue weighted by molar-refractivity contribution is 7.91. The van der Waals surface area contributed by atoms with Crippen LogP contribution in [0.25, 0.3) is 0 Å². The van der Waals surface area contributed by atoms with E-state index < -0.39 is 25.7 Å². The van der Waals surface area contributed by atoms with Crippen molar-refractivity contribution in [3.05, 3.63) is 29.1 Å². The predicted octanol–water partition coefficient (Wildman–Crippen LogP) is 1.54. The van der Waals surface area contributed by atoms with E-state index in [1.54, 1.807) is 0 Å². The van der Waals surface area contributed by atoms with E-state index in [0.29, 0.717) is 5.56 Å². The fraction of sp³-hybridized carbons (Fsp3) is 0.500. The first-order valence-corrected chi connectivity index (χ1v) is 10.0. The second kappa shape index (κ2) is 6.60. The maximum atomic E-state index is 13.8. The van der Waals surface area contributed by atoms with Gasteiger partial charge in [-0.05, 0) is 24.6 Å². The van der Waals surface area contributed by atoms with Crippen molar-refractivity contribution in [3.8, 4) is 0 Å². The number of alkyl halides is 1. The Bertz CT molecular complexity index is 732. The van der Waals surface area contributed by atoms with E-state index >= 15 is 0 Å². The Kier molecular flexibility index (Phi) is 5.76. The molecule has 0 aromatic heterocycles. The minimum atomic E-state index is -3.98. The van der Waals surface area contributed by atoms with Crippen molar-refractivity contribution in [1.29, 1.82) is 0 Å². The van der Waals surface area contributed by atoms with Crippen molar-refractivity contribution < 1.29 is 21.2 Å². The molecular formula is C12H17ClFNO4S2. The molecule has 0 fully saturated rings. The van der Waals surface area contributed by atoms with Gasteiger partial charge in [-0.1, -0.05) is 0 Å². The lowest BCUT2D eigenvalue weighted by Gasteiger charge is -2.19. The van der Waals surface area contributed by atoms with Gasteiger partial charge in [0.15, 0.2) is 0 Å². The fourth-order valence-electron chi connectivity index (χ4n) is 1.63. The van der Waals surface area contributed by atoms with E-state index in [0.717, 1.165) is 10.6 Å². The highest BCUT2D eigenvalue weighted by Crippen LogP contribution is 2.24. The number of benzene rings is 1. The molecule has 0 atom stereocenters. The zero-order chi connectivity index (χ0) is 16.4. The van der Waals surface area contributed by atoms with Gasteiger partial charge >= 0.3 is 0 Å². The SMILES string of the molecule is Cc1c(F)cc(CCl)cc1S(=O)(=O)N(C)CCS(C)(=O)=O. The smallest absolute Gasteiger partial charge is 0.229 e. The van der Waals surface area contributed by atoms with Gasteiger partial charge < -0.3 is 0 Å². The van der Waals surface area contributed by atoms with Crippen molar-refractivity contribution in [1.82, 2.24) is 4.31 Å². The quantitative estimate of drug-likeness (QED) is 0.724. The van der Waals surface area contributed by atoms with Crippen LogP contribution in [0.3, 0.4) is 0 Å². The molecule has 1 rings (SSSR count). The summed E-state index contributed by atoms with van der Waals surface area (Å²) in [5.41, 5.74) is 0.324. The molecule has 5 nitrogen and oxygen atoms in total. The van der Waals surface area contributed by atoms with E-state index in [2.05, 4.69) is 0 Å². The highest BCUT2D eigenvalue weighted by atomic mass is 35.5. The van der Waals surface area contributed by atoms with Crippen molar-refractivity contribution in [2.45, 2.75) is 17.7 Å². The van der Waals surface area contributed by atoms with Gasteiger partial charge in [-0.2, -0.15) is 4.31 Å². The zero-order valence-corrected chi connectivity index (χ0v) is 14.3. The minimum Gasteiger partial charge on any atom is -0.229 e. The summed E-state index contributed by atoms with van der Waals surface area (Å²) >= 11 is 5.62. The van der Waals surface area contributed by atoms with Gasteiger partial charge in [-0.3, -0.25) is 0 Å². The van der Waals surface area contributed by atoms with Gasteiger partial charge in [0.25, 0.3) is 0 Å². The van der Waals surface area contributed by atoms with Crippen LogP contribution in [0.4, 0.5) is 4.39 Å². The Morgan fingerprint density at radius 3 is 2.29 bits per heavy atom. The molecule has 0 radical (unpaired) electrons. The van der Waals surface area contributed by atoms with Crippen LogP contribution >= 0.6 is 11.6 Å². The molecule has 0 unspecified atom stereocenters. The van der Waals surface area contributed by atoms with Gasteiger partial charge in [0.2, 0.25) is 10.0 Å². The second-order valence-corrected chi connectivity index (χ2v) is 9.33. The summed E-state index contributed by atoms with van der Waals surface area (Å²) in [7, 11) is -6.02. The minimum absolute atomic E-state index is 0.0185. The zero-order valence-electron chi connectivity index (χ0n) is 11.9. The number of sulfonamides is 1. The van der Waals surface area contributed by atoms with E-state index in [1.165, 1.54) is 26.1 Å². The van der Waals surface area contributed by atoms with E-state index in [-0.39, 0.29) is 28.6 Å². The van der Waals surface area contributed by atoms with Gasteiger partial charge in [-0.15, -0.1) is 11.6 Å². The molecule has 9 heteroatoms. The van der Waals surface area contributed by atoms with Crippen LogP contribution in [0, 0.1) is 12.7 Å². The van der Waals surface area contributed by atoms with Crippen LogP contribution in [0.5, 0.6) is 0 Å². The number of hydrogen-bond acceptors (Lipinski definition) is 4. The Morgan fingerprint density at radius 1 is 1.24 bits per heavy atom. The molecule has 0 aliphatic heterocycles. The predicted molar refractivity (Wildman–Crippen MR) is 80.2 cm³/mol. The van der Waals surface area contributed by atoms with Crippen molar-refractivity contribution in [3.63, 3.8) is 0 Å². The number of halogens is 2. The summed E-state index contributed by atoms with van der Waals surface area (Å²) in [5.74, 6) is -0.991. The Labute approximate surface area is 129 Å². The standard InChI is InChI=1S/C12H17ClFNO4S2/c1-9-11(14)6-10(8-13)7-12(9)21(18,19)15(2)4-5-20(3,16)17/h6-7H,4-5,8H2,1-3H3. The molecule has 1 aromatic carbocycles. The Balaban J connectivity index is 3.21. The molecule has 0 saturated carbocycles. The molecule has 120 valence electrons. The molecule has 0 saturated heterocycles. The van der Waals surface area contributed by atoms with E-state index in [1.807, 2.05) is 0 Å². The first-order valence-electron chi connectivity index (χ1n) is 5.98. The van der Waals surface area contributed by atoms with Crippen LogP contribution < -0.4 is 0 Å². The third kappa shape index (κ3) is 4.64. The molecule has 1 aromatic rings. The van der Waals surface area contributed by atoms with Crippen LogP contribution in [-0.2, 0) is 25.7 Å². The van der Waals surface area contributed by atoms with Crippen LogP contribution in [0.2, 0.25) is 0 Å². The number of nitrogens with zero attached hydrogens (tertiary/aromatic N) is 1. The topological polar surface area (TPSA) is 71.5 Å². The van der Waals surface area contributed by atoms with Crippen LogP contribution in [0.15, 0.2) is 17.0 Å². The first-order chi connectivity index (χ1) is 9.49. The van der Waals surface area contributed by atoms with Crippen molar-refractivity contribution >= 4 is 31.5 Å². The Hall–Kier alpha value is -0.700. The lowest BCUT2D eigenvalue weighted by molar-refractivity contribution is 0.482. The fourth-order valence-corrected chi connectivity index (χ4v) is 3.96. The average molecular weight is 358 g/mol. The molecule has 21 heavy (non-hydrogen) atoms. The largest absolute Gasteiger partial charge is 0.243 e. The van der Waals surface area contributed by atoms with Crippen molar-refractivity contribution in [2.75, 3.05) is 25.6 Å². The number of sulfone groups is 1. The van der Waals surface area contributed by atoms with Gasteiger partial charge in [0.05, 0.1) is 10.6 Å². The summed E-state index contributed by atoms with van der Waals surface area (Å²) in [6.45, 7) is 1.15.